The summed E-state index contributed by atoms with van der Waals surface area (Å²) in [6, 6.07) is 8.03. The van der Waals surface area contributed by atoms with Crippen molar-refractivity contribution in [2.75, 3.05) is 20.2 Å². The summed E-state index contributed by atoms with van der Waals surface area (Å²) >= 11 is 5.86. The second kappa shape index (κ2) is 7.39. The molecule has 0 amide bonds. The fourth-order valence-corrected chi connectivity index (χ4v) is 1.82. The molecule has 1 atom stereocenters. The van der Waals surface area contributed by atoms with Crippen LogP contribution in [0.2, 0.25) is 5.02 Å². The number of rotatable bonds is 6. The Morgan fingerprint density at radius 1 is 1.39 bits per heavy atom. The van der Waals surface area contributed by atoms with Crippen molar-refractivity contribution in [2.24, 2.45) is 0 Å². The van der Waals surface area contributed by atoms with E-state index in [9.17, 15) is 4.79 Å². The third kappa shape index (κ3) is 4.67. The topological polar surface area (TPSA) is 29.5 Å². The Balaban J connectivity index is 2.48. The predicted molar refractivity (Wildman–Crippen MR) is 73.7 cm³/mol. The second-order valence-corrected chi connectivity index (χ2v) is 4.70. The SMILES string of the molecule is CCOC(=O)CCN(C)C(C)c1ccc(Cl)cc1. The zero-order valence-corrected chi connectivity index (χ0v) is 11.9. The van der Waals surface area contributed by atoms with Gasteiger partial charge in [-0.3, -0.25) is 9.69 Å². The van der Waals surface area contributed by atoms with Gasteiger partial charge in [0.1, 0.15) is 0 Å². The smallest absolute Gasteiger partial charge is 0.307 e. The van der Waals surface area contributed by atoms with Gasteiger partial charge >= 0.3 is 5.97 Å². The average molecular weight is 270 g/mol. The minimum atomic E-state index is -0.146. The lowest BCUT2D eigenvalue weighted by atomic mass is 10.1. The summed E-state index contributed by atoms with van der Waals surface area (Å²) in [5.41, 5.74) is 1.19. The van der Waals surface area contributed by atoms with E-state index >= 15 is 0 Å². The van der Waals surface area contributed by atoms with Crippen molar-refractivity contribution in [3.05, 3.63) is 34.9 Å². The van der Waals surface area contributed by atoms with Crippen LogP contribution in [0.3, 0.4) is 0 Å². The van der Waals surface area contributed by atoms with Crippen LogP contribution in [-0.2, 0) is 9.53 Å². The lowest BCUT2D eigenvalue weighted by Crippen LogP contribution is -2.25. The number of carbonyl (C=O) groups is 1. The number of nitrogens with zero attached hydrogens (tertiary/aromatic N) is 1. The largest absolute Gasteiger partial charge is 0.466 e. The number of ether oxygens (including phenoxy) is 1. The van der Waals surface area contributed by atoms with E-state index in [4.69, 9.17) is 16.3 Å². The van der Waals surface area contributed by atoms with Gasteiger partial charge in [-0.2, -0.15) is 0 Å². The third-order valence-electron chi connectivity index (χ3n) is 2.99. The summed E-state index contributed by atoms with van der Waals surface area (Å²) in [5, 5.41) is 0.736. The number of benzene rings is 1. The highest BCUT2D eigenvalue weighted by Crippen LogP contribution is 2.20. The first kappa shape index (κ1) is 15.0. The predicted octanol–water partition coefficient (Wildman–Crippen LogP) is 3.29. The van der Waals surface area contributed by atoms with Crippen molar-refractivity contribution in [2.45, 2.75) is 26.3 Å². The molecule has 3 nitrogen and oxygen atoms in total. The van der Waals surface area contributed by atoms with E-state index in [1.165, 1.54) is 5.56 Å². The van der Waals surface area contributed by atoms with Crippen LogP contribution in [0, 0.1) is 0 Å². The average Bonchev–Trinajstić information content (AvgIpc) is 2.36. The number of esters is 1. The van der Waals surface area contributed by atoms with Gasteiger partial charge in [0, 0.05) is 17.6 Å². The maximum absolute atomic E-state index is 11.3. The van der Waals surface area contributed by atoms with E-state index in [-0.39, 0.29) is 12.0 Å². The van der Waals surface area contributed by atoms with Gasteiger partial charge in [-0.05, 0) is 38.6 Å². The number of carbonyl (C=O) groups excluding carboxylic acids is 1. The Hall–Kier alpha value is -1.06. The second-order valence-electron chi connectivity index (χ2n) is 4.26. The van der Waals surface area contributed by atoms with E-state index < -0.39 is 0 Å². The Kier molecular flexibility index (Phi) is 6.16. The van der Waals surface area contributed by atoms with Crippen LogP contribution >= 0.6 is 11.6 Å². The van der Waals surface area contributed by atoms with E-state index in [1.54, 1.807) is 0 Å². The van der Waals surface area contributed by atoms with Crippen molar-refractivity contribution in [1.82, 2.24) is 4.90 Å². The van der Waals surface area contributed by atoms with Gasteiger partial charge in [0.05, 0.1) is 13.0 Å². The van der Waals surface area contributed by atoms with Gasteiger partial charge < -0.3 is 4.74 Å². The summed E-state index contributed by atoms with van der Waals surface area (Å²) in [6.45, 7) is 5.05. The monoisotopic (exact) mass is 269 g/mol. The fraction of sp³-hybridized carbons (Fsp3) is 0.500. The maximum Gasteiger partial charge on any atom is 0.307 e. The summed E-state index contributed by atoms with van der Waals surface area (Å²) in [5.74, 6) is -0.146. The molecule has 0 spiro atoms. The van der Waals surface area contributed by atoms with E-state index in [1.807, 2.05) is 38.2 Å². The third-order valence-corrected chi connectivity index (χ3v) is 3.24. The Morgan fingerprint density at radius 2 is 2.00 bits per heavy atom. The zero-order chi connectivity index (χ0) is 13.5. The Morgan fingerprint density at radius 3 is 2.56 bits per heavy atom. The van der Waals surface area contributed by atoms with Crippen LogP contribution in [0.25, 0.3) is 0 Å². The molecule has 0 aliphatic heterocycles. The Labute approximate surface area is 114 Å². The molecule has 0 saturated carbocycles. The molecule has 0 radical (unpaired) electrons. The highest BCUT2D eigenvalue weighted by molar-refractivity contribution is 6.30. The molecule has 0 aromatic heterocycles. The standard InChI is InChI=1S/C14H20ClNO2/c1-4-18-14(17)9-10-16(3)11(2)12-5-7-13(15)8-6-12/h5-8,11H,4,9-10H2,1-3H3. The molecule has 0 N–H and O–H groups in total. The van der Waals surface area contributed by atoms with E-state index in [2.05, 4.69) is 11.8 Å². The molecule has 18 heavy (non-hydrogen) atoms. The molecule has 4 heteroatoms. The van der Waals surface area contributed by atoms with Crippen molar-refractivity contribution in [3.63, 3.8) is 0 Å². The first-order valence-electron chi connectivity index (χ1n) is 6.16. The van der Waals surface area contributed by atoms with Crippen LogP contribution in [0.4, 0.5) is 0 Å². The molecular formula is C14H20ClNO2. The molecule has 1 aromatic carbocycles. The highest BCUT2D eigenvalue weighted by atomic mass is 35.5. The molecular weight excluding hydrogens is 250 g/mol. The van der Waals surface area contributed by atoms with Crippen molar-refractivity contribution in [1.29, 1.82) is 0 Å². The fourth-order valence-electron chi connectivity index (χ4n) is 1.69. The summed E-state index contributed by atoms with van der Waals surface area (Å²) in [7, 11) is 2.00. The van der Waals surface area contributed by atoms with Crippen LogP contribution in [-0.4, -0.2) is 31.1 Å². The molecule has 1 unspecified atom stereocenters. The van der Waals surface area contributed by atoms with Crippen molar-refractivity contribution in [3.8, 4) is 0 Å². The maximum atomic E-state index is 11.3. The van der Waals surface area contributed by atoms with Gasteiger partial charge in [0.25, 0.3) is 0 Å². The van der Waals surface area contributed by atoms with E-state index in [0.29, 0.717) is 19.6 Å². The van der Waals surface area contributed by atoms with E-state index in [0.717, 1.165) is 5.02 Å². The first-order chi connectivity index (χ1) is 8.54. The first-order valence-corrected chi connectivity index (χ1v) is 6.53. The molecule has 0 saturated heterocycles. The lowest BCUT2D eigenvalue weighted by Gasteiger charge is -2.24. The zero-order valence-electron chi connectivity index (χ0n) is 11.1. The van der Waals surface area contributed by atoms with Crippen LogP contribution in [0.5, 0.6) is 0 Å². The number of hydrogen-bond acceptors (Lipinski definition) is 3. The Bertz CT molecular complexity index is 378. The molecule has 0 bridgehead atoms. The molecule has 0 fully saturated rings. The van der Waals surface area contributed by atoms with Crippen molar-refractivity contribution < 1.29 is 9.53 Å². The van der Waals surface area contributed by atoms with Crippen molar-refractivity contribution >= 4 is 17.6 Å². The molecule has 100 valence electrons. The van der Waals surface area contributed by atoms with Crippen LogP contribution < -0.4 is 0 Å². The highest BCUT2D eigenvalue weighted by Gasteiger charge is 2.13. The molecule has 0 heterocycles. The normalized spacial score (nSPS) is 12.5. The summed E-state index contributed by atoms with van der Waals surface area (Å²) in [4.78, 5) is 13.4. The van der Waals surface area contributed by atoms with Crippen LogP contribution in [0.1, 0.15) is 31.9 Å². The number of hydrogen-bond donors (Lipinski definition) is 0. The minimum Gasteiger partial charge on any atom is -0.466 e. The molecule has 0 aliphatic carbocycles. The van der Waals surface area contributed by atoms with Gasteiger partial charge in [-0.25, -0.2) is 0 Å². The lowest BCUT2D eigenvalue weighted by molar-refractivity contribution is -0.143. The van der Waals surface area contributed by atoms with Gasteiger partial charge in [0.2, 0.25) is 0 Å². The van der Waals surface area contributed by atoms with Gasteiger partial charge in [-0.15, -0.1) is 0 Å². The van der Waals surface area contributed by atoms with Crippen LogP contribution in [0.15, 0.2) is 24.3 Å². The molecule has 1 rings (SSSR count). The molecule has 1 aromatic rings. The van der Waals surface area contributed by atoms with Gasteiger partial charge in [-0.1, -0.05) is 23.7 Å². The van der Waals surface area contributed by atoms with Gasteiger partial charge in [0.15, 0.2) is 0 Å². The summed E-state index contributed by atoms with van der Waals surface area (Å²) in [6.07, 6.45) is 0.419. The molecule has 0 aliphatic rings. The minimum absolute atomic E-state index is 0.146. The quantitative estimate of drug-likeness (QED) is 0.742. The summed E-state index contributed by atoms with van der Waals surface area (Å²) < 4.78 is 4.91. The number of halogens is 1.